The minimum absolute atomic E-state index is 0. The second-order valence-electron chi connectivity index (χ2n) is 0.925. The molecule has 2 nitrogen and oxygen atoms in total. The van der Waals surface area contributed by atoms with Crippen LogP contribution >= 0.6 is 8.03 Å². The Labute approximate surface area is 60.6 Å². The molecule has 0 aliphatic heterocycles. The normalized spacial score (nSPS) is 12.3. The Bertz CT molecular complexity index is 56.9. The van der Waals surface area contributed by atoms with Gasteiger partial charge in [0.1, 0.15) is 0 Å². The van der Waals surface area contributed by atoms with Crippen LogP contribution in [0.1, 0.15) is 6.92 Å². The molecule has 0 bridgehead atoms. The Morgan fingerprint density at radius 1 is 1.71 bits per heavy atom. The maximum Gasteiger partial charge on any atom is 0.316 e. The van der Waals surface area contributed by atoms with Gasteiger partial charge >= 0.3 is 23.1 Å². The fourth-order valence-electron chi connectivity index (χ4n) is 0.203. The number of rotatable bonds is 2. The van der Waals surface area contributed by atoms with Crippen LogP contribution in [0.2, 0.25) is 0 Å². The van der Waals surface area contributed by atoms with E-state index in [9.17, 15) is 4.57 Å². The summed E-state index contributed by atoms with van der Waals surface area (Å²) in [7, 11) is -1.64. The lowest BCUT2D eigenvalue weighted by molar-refractivity contribution is 0.354. The average Bonchev–Trinajstić information content (AvgIpc) is 1.35. The first-order chi connectivity index (χ1) is 2.77. The molecule has 0 fully saturated rings. The SMILES string of the molecule is CCO[PH](C)=O.[MgH2]. The highest BCUT2D eigenvalue weighted by Gasteiger charge is 1.78. The van der Waals surface area contributed by atoms with Crippen molar-refractivity contribution in [3.05, 3.63) is 0 Å². The summed E-state index contributed by atoms with van der Waals surface area (Å²) in [5.74, 6) is 0. The Morgan fingerprint density at radius 3 is 2.14 bits per heavy atom. The summed E-state index contributed by atoms with van der Waals surface area (Å²) in [4.78, 5) is 0. The number of hydrogen-bond donors (Lipinski definition) is 0. The Hall–Kier alpha value is 0.956. The second kappa shape index (κ2) is 6.96. The zero-order valence-corrected chi connectivity index (χ0v) is 5.02. The number of hydrogen-bond acceptors (Lipinski definition) is 2. The van der Waals surface area contributed by atoms with Crippen LogP contribution < -0.4 is 0 Å². The lowest BCUT2D eigenvalue weighted by atomic mass is 10.9. The van der Waals surface area contributed by atoms with Crippen LogP contribution in [0.5, 0.6) is 0 Å². The molecule has 4 heteroatoms. The maximum atomic E-state index is 10.0. The third kappa shape index (κ3) is 10.9. The molecule has 0 N–H and O–H groups in total. The molecule has 0 aliphatic carbocycles. The quantitative estimate of drug-likeness (QED) is 0.399. The van der Waals surface area contributed by atoms with E-state index in [4.69, 9.17) is 0 Å². The van der Waals surface area contributed by atoms with E-state index < -0.39 is 8.03 Å². The first kappa shape index (κ1) is 10.9. The van der Waals surface area contributed by atoms with Crippen LogP contribution in [0.25, 0.3) is 0 Å². The Balaban J connectivity index is 0. The van der Waals surface area contributed by atoms with Gasteiger partial charge in [0.2, 0.25) is 0 Å². The largest absolute Gasteiger partial charge is 0.331 e. The van der Waals surface area contributed by atoms with E-state index in [2.05, 4.69) is 4.52 Å². The van der Waals surface area contributed by atoms with Crippen molar-refractivity contribution in [2.24, 2.45) is 0 Å². The maximum absolute atomic E-state index is 10.0. The van der Waals surface area contributed by atoms with Crippen LogP contribution in [0.4, 0.5) is 0 Å². The van der Waals surface area contributed by atoms with Gasteiger partial charge in [-0.2, -0.15) is 0 Å². The van der Waals surface area contributed by atoms with E-state index in [1.807, 2.05) is 6.92 Å². The van der Waals surface area contributed by atoms with Crippen molar-refractivity contribution in [1.82, 2.24) is 0 Å². The predicted molar refractivity (Wildman–Crippen MR) is 35.1 cm³/mol. The second-order valence-corrected chi connectivity index (χ2v) is 2.20. The van der Waals surface area contributed by atoms with Crippen LogP contribution in [-0.4, -0.2) is 36.3 Å². The molecule has 1 atom stereocenters. The van der Waals surface area contributed by atoms with Gasteiger partial charge in [0.15, 0.2) is 8.03 Å². The van der Waals surface area contributed by atoms with Gasteiger partial charge in [-0.25, -0.2) is 0 Å². The highest BCUT2D eigenvalue weighted by atomic mass is 31.1. The molecule has 0 aromatic carbocycles. The molecule has 0 spiro atoms. The van der Waals surface area contributed by atoms with Gasteiger partial charge in [-0.1, -0.05) is 0 Å². The van der Waals surface area contributed by atoms with Gasteiger partial charge in [0, 0.05) is 6.66 Å². The van der Waals surface area contributed by atoms with Crippen molar-refractivity contribution in [3.63, 3.8) is 0 Å². The third-order valence-electron chi connectivity index (χ3n) is 0.348. The molecule has 0 saturated heterocycles. The van der Waals surface area contributed by atoms with E-state index in [1.54, 1.807) is 6.66 Å². The van der Waals surface area contributed by atoms with Gasteiger partial charge in [0.05, 0.1) is 6.61 Å². The highest BCUT2D eigenvalue weighted by molar-refractivity contribution is 7.38. The van der Waals surface area contributed by atoms with E-state index in [0.717, 1.165) is 0 Å². The molecule has 1 unspecified atom stereocenters. The molecular formula is C3H11MgO2P. The van der Waals surface area contributed by atoms with E-state index in [-0.39, 0.29) is 23.1 Å². The fraction of sp³-hybridized carbons (Fsp3) is 1.00. The topological polar surface area (TPSA) is 26.3 Å². The Kier molecular flexibility index (Phi) is 10.8. The van der Waals surface area contributed by atoms with Crippen molar-refractivity contribution in [2.45, 2.75) is 6.92 Å². The average molecular weight is 134 g/mol. The molecule has 0 saturated carbocycles. The van der Waals surface area contributed by atoms with Gasteiger partial charge < -0.3 is 4.52 Å². The molecule has 0 rings (SSSR count). The van der Waals surface area contributed by atoms with Crippen LogP contribution in [0.3, 0.4) is 0 Å². The summed E-state index contributed by atoms with van der Waals surface area (Å²) in [6, 6.07) is 0. The minimum atomic E-state index is -1.64. The smallest absolute Gasteiger partial charge is 0.316 e. The van der Waals surface area contributed by atoms with Crippen molar-refractivity contribution in [1.29, 1.82) is 0 Å². The monoisotopic (exact) mass is 134 g/mol. The molecule has 0 radical (unpaired) electrons. The van der Waals surface area contributed by atoms with E-state index >= 15 is 0 Å². The van der Waals surface area contributed by atoms with Crippen LogP contribution in [-0.2, 0) is 9.09 Å². The summed E-state index contributed by atoms with van der Waals surface area (Å²) >= 11 is 0. The third-order valence-corrected chi connectivity index (χ3v) is 1.04. The minimum Gasteiger partial charge on any atom is -0.331 e. The Morgan fingerprint density at radius 2 is 2.14 bits per heavy atom. The molecule has 7 heavy (non-hydrogen) atoms. The van der Waals surface area contributed by atoms with E-state index in [1.165, 1.54) is 0 Å². The van der Waals surface area contributed by atoms with Crippen molar-refractivity contribution < 1.29 is 9.09 Å². The standard InChI is InChI=1S/C3H9O2P.Mg.2H/c1-3-5-6(2)4;;;/h6H,3H2,1-2H3;;;. The first-order valence-electron chi connectivity index (χ1n) is 1.90. The summed E-state index contributed by atoms with van der Waals surface area (Å²) in [6.07, 6.45) is 0. The van der Waals surface area contributed by atoms with Crippen molar-refractivity contribution >= 4 is 31.1 Å². The fourth-order valence-corrected chi connectivity index (χ4v) is 0.610. The molecule has 0 aromatic heterocycles. The zero-order valence-electron chi connectivity index (χ0n) is 4.02. The lowest BCUT2D eigenvalue weighted by Gasteiger charge is -1.87. The van der Waals surface area contributed by atoms with Gasteiger partial charge in [-0.15, -0.1) is 0 Å². The molecule has 0 aliphatic rings. The van der Waals surface area contributed by atoms with Crippen molar-refractivity contribution in [3.8, 4) is 0 Å². The van der Waals surface area contributed by atoms with Crippen LogP contribution in [0, 0.1) is 0 Å². The van der Waals surface area contributed by atoms with Gasteiger partial charge in [0.25, 0.3) is 0 Å². The predicted octanol–water partition coefficient (Wildman–Crippen LogP) is 0.211. The van der Waals surface area contributed by atoms with Gasteiger partial charge in [-0.05, 0) is 6.92 Å². The zero-order chi connectivity index (χ0) is 4.99. The molecular weight excluding hydrogens is 123 g/mol. The summed E-state index contributed by atoms with van der Waals surface area (Å²) in [5.41, 5.74) is 0. The van der Waals surface area contributed by atoms with Gasteiger partial charge in [-0.3, -0.25) is 4.57 Å². The lowest BCUT2D eigenvalue weighted by Crippen LogP contribution is -1.72. The van der Waals surface area contributed by atoms with Crippen LogP contribution in [0.15, 0.2) is 0 Å². The summed E-state index contributed by atoms with van der Waals surface area (Å²) in [5, 5.41) is 0. The first-order valence-corrected chi connectivity index (χ1v) is 3.72. The van der Waals surface area contributed by atoms with E-state index in [0.29, 0.717) is 6.61 Å². The molecule has 0 heterocycles. The molecule has 0 amide bonds. The summed E-state index contributed by atoms with van der Waals surface area (Å²) < 4.78 is 14.6. The molecule has 42 valence electrons. The highest BCUT2D eigenvalue weighted by Crippen LogP contribution is 2.12. The summed E-state index contributed by atoms with van der Waals surface area (Å²) in [6.45, 7) is 3.97. The van der Waals surface area contributed by atoms with Crippen molar-refractivity contribution in [2.75, 3.05) is 13.3 Å². The molecule has 0 aromatic rings.